The maximum absolute atomic E-state index is 13.4. The minimum absolute atomic E-state index is 0.0528. The number of ketones is 2. The van der Waals surface area contributed by atoms with Crippen molar-refractivity contribution < 1.29 is 39.9 Å². The number of aliphatic hydroxyl groups is 4. The van der Waals surface area contributed by atoms with E-state index in [4.69, 9.17) is 5.73 Å². The lowest BCUT2D eigenvalue weighted by atomic mass is 9.59. The van der Waals surface area contributed by atoms with E-state index in [-0.39, 0.29) is 36.0 Å². The highest BCUT2D eigenvalue weighted by Crippen LogP contribution is 2.53. The number of nitrogens with one attached hydrogen (secondary N) is 1. The number of hydrogen-bond acceptors (Lipinski definition) is 9. The molecule has 0 heterocycles. The Morgan fingerprint density at radius 1 is 1.26 bits per heavy atom. The summed E-state index contributed by atoms with van der Waals surface area (Å²) in [6.45, 7) is -0.520. The normalized spacial score (nSPS) is 27.6. The molecule has 1 fully saturated rings. The summed E-state index contributed by atoms with van der Waals surface area (Å²) < 4.78 is 0. The summed E-state index contributed by atoms with van der Waals surface area (Å²) in [6, 6.07) is 1.53. The number of phenols is 1. The maximum Gasteiger partial charge on any atom is 0.255 e. The van der Waals surface area contributed by atoms with Crippen LogP contribution in [0, 0.1) is 11.8 Å². The van der Waals surface area contributed by atoms with E-state index in [9.17, 15) is 39.9 Å². The molecule has 10 nitrogen and oxygen atoms in total. The van der Waals surface area contributed by atoms with E-state index in [1.807, 2.05) is 0 Å². The molecule has 10 heteroatoms. The monoisotopic (exact) mass is 430 g/mol. The minimum Gasteiger partial charge on any atom is -0.508 e. The zero-order chi connectivity index (χ0) is 22.8. The van der Waals surface area contributed by atoms with Crippen LogP contribution in [0.15, 0.2) is 23.0 Å². The van der Waals surface area contributed by atoms with Crippen LogP contribution in [-0.2, 0) is 27.4 Å². The van der Waals surface area contributed by atoms with Crippen molar-refractivity contribution >= 4 is 28.9 Å². The first-order valence-electron chi connectivity index (χ1n) is 9.71. The highest BCUT2D eigenvalue weighted by molar-refractivity contribution is 6.22. The van der Waals surface area contributed by atoms with Crippen molar-refractivity contribution in [1.29, 1.82) is 0 Å². The number of amides is 1. The van der Waals surface area contributed by atoms with E-state index < -0.39 is 64.4 Å². The lowest BCUT2D eigenvalue weighted by molar-refractivity contribution is -0.147. The molecule has 0 radical (unpaired) electrons. The predicted molar refractivity (Wildman–Crippen MR) is 107 cm³/mol. The Bertz CT molecular complexity index is 1120. The summed E-state index contributed by atoms with van der Waals surface area (Å²) >= 11 is 0. The molecule has 3 atom stereocenters. The number of aromatic hydroxyl groups is 1. The molecular formula is C21H22N2O8. The predicted octanol–water partition coefficient (Wildman–Crippen LogP) is -0.0421. The van der Waals surface area contributed by atoms with Crippen molar-refractivity contribution in [1.82, 2.24) is 0 Å². The second-order valence-corrected chi connectivity index (χ2v) is 8.10. The fraction of sp³-hybridized carbons (Fsp3) is 0.381. The largest absolute Gasteiger partial charge is 0.508 e. The van der Waals surface area contributed by atoms with Gasteiger partial charge in [-0.15, -0.1) is 0 Å². The lowest BCUT2D eigenvalue weighted by Gasteiger charge is -2.46. The van der Waals surface area contributed by atoms with E-state index in [1.165, 1.54) is 6.07 Å². The van der Waals surface area contributed by atoms with Crippen LogP contribution in [0.4, 0.5) is 5.69 Å². The summed E-state index contributed by atoms with van der Waals surface area (Å²) in [5.74, 6) is -6.80. The summed E-state index contributed by atoms with van der Waals surface area (Å²) in [5, 5.41) is 55.7. The number of aliphatic hydroxyl groups excluding tert-OH is 3. The number of hydrogen-bond donors (Lipinski definition) is 7. The van der Waals surface area contributed by atoms with Crippen LogP contribution >= 0.6 is 0 Å². The molecule has 0 unspecified atom stereocenters. The van der Waals surface area contributed by atoms with Crippen molar-refractivity contribution in [3.63, 3.8) is 0 Å². The van der Waals surface area contributed by atoms with Gasteiger partial charge in [0.05, 0.1) is 12.2 Å². The topological polar surface area (TPSA) is 190 Å². The molecule has 1 aromatic rings. The fourth-order valence-corrected chi connectivity index (χ4v) is 5.09. The molecule has 0 aromatic heterocycles. The van der Waals surface area contributed by atoms with Crippen molar-refractivity contribution in [3.8, 4) is 5.75 Å². The number of primary amides is 1. The molecule has 164 valence electrons. The third kappa shape index (κ3) is 2.61. The van der Waals surface area contributed by atoms with Crippen LogP contribution in [0.2, 0.25) is 0 Å². The molecule has 0 aliphatic heterocycles. The molecule has 3 aliphatic rings. The van der Waals surface area contributed by atoms with Crippen LogP contribution in [0.3, 0.4) is 0 Å². The van der Waals surface area contributed by atoms with E-state index in [0.717, 1.165) is 0 Å². The SMILES string of the molecule is CNc1cc(CO)c(O)c2c1C[C@H]1C[C@H]3CC(=O)C(C(N)=O)=C(O)[C@@]3(O)C(=O)C1=C2O. The molecule has 31 heavy (non-hydrogen) atoms. The number of fused-ring (bicyclic) bond motifs is 3. The van der Waals surface area contributed by atoms with Crippen molar-refractivity contribution in [2.75, 3.05) is 12.4 Å². The number of carbonyl (C=O) groups excluding carboxylic acids is 3. The number of benzene rings is 1. The summed E-state index contributed by atoms with van der Waals surface area (Å²) in [4.78, 5) is 37.3. The van der Waals surface area contributed by atoms with Gasteiger partial charge in [0.2, 0.25) is 5.78 Å². The number of anilines is 1. The van der Waals surface area contributed by atoms with Gasteiger partial charge < -0.3 is 36.6 Å². The second kappa shape index (κ2) is 6.82. The minimum atomic E-state index is -2.59. The van der Waals surface area contributed by atoms with Crippen molar-refractivity contribution in [2.24, 2.45) is 17.6 Å². The Hall–Kier alpha value is -3.37. The Labute approximate surface area is 176 Å². The van der Waals surface area contributed by atoms with Crippen LogP contribution < -0.4 is 11.1 Å². The summed E-state index contributed by atoms with van der Waals surface area (Å²) in [6.07, 6.45) is -0.103. The smallest absolute Gasteiger partial charge is 0.255 e. The fourth-order valence-electron chi connectivity index (χ4n) is 5.09. The van der Waals surface area contributed by atoms with Gasteiger partial charge in [-0.1, -0.05) is 0 Å². The first kappa shape index (κ1) is 20.9. The molecular weight excluding hydrogens is 408 g/mol. The summed E-state index contributed by atoms with van der Waals surface area (Å²) in [5.41, 5.74) is 2.64. The molecule has 8 N–H and O–H groups in total. The van der Waals surface area contributed by atoms with Gasteiger partial charge in [0.15, 0.2) is 11.4 Å². The van der Waals surface area contributed by atoms with Gasteiger partial charge in [-0.3, -0.25) is 14.4 Å². The first-order valence-corrected chi connectivity index (χ1v) is 9.71. The van der Waals surface area contributed by atoms with Gasteiger partial charge in [0, 0.05) is 36.2 Å². The average molecular weight is 430 g/mol. The van der Waals surface area contributed by atoms with Gasteiger partial charge in [0.25, 0.3) is 5.91 Å². The molecule has 0 saturated heterocycles. The van der Waals surface area contributed by atoms with E-state index in [1.54, 1.807) is 7.05 Å². The molecule has 1 amide bonds. The van der Waals surface area contributed by atoms with E-state index in [0.29, 0.717) is 11.3 Å². The first-order chi connectivity index (χ1) is 14.6. The number of carbonyl (C=O) groups is 3. The van der Waals surface area contributed by atoms with Crippen LogP contribution in [-0.4, -0.2) is 55.7 Å². The van der Waals surface area contributed by atoms with Gasteiger partial charge >= 0.3 is 0 Å². The van der Waals surface area contributed by atoms with Gasteiger partial charge in [-0.2, -0.15) is 0 Å². The lowest BCUT2D eigenvalue weighted by Crippen LogP contribution is -2.58. The van der Waals surface area contributed by atoms with Crippen LogP contribution in [0.25, 0.3) is 5.76 Å². The van der Waals surface area contributed by atoms with Gasteiger partial charge in [-0.05, 0) is 30.4 Å². The molecule has 3 aliphatic carbocycles. The molecule has 0 bridgehead atoms. The number of nitrogens with two attached hydrogens (primary N) is 1. The van der Waals surface area contributed by atoms with Gasteiger partial charge in [-0.25, -0.2) is 0 Å². The van der Waals surface area contributed by atoms with Crippen LogP contribution in [0.1, 0.15) is 29.5 Å². The van der Waals surface area contributed by atoms with Gasteiger partial charge in [0.1, 0.15) is 22.8 Å². The number of rotatable bonds is 3. The highest BCUT2D eigenvalue weighted by Gasteiger charge is 2.60. The molecule has 1 aromatic carbocycles. The second-order valence-electron chi connectivity index (χ2n) is 8.10. The zero-order valence-electron chi connectivity index (χ0n) is 16.6. The standard InChI is InChI=1S/C21H22N2O8/c1-23-11-4-8(6-24)16(26)14-10(11)3-7-2-9-5-12(25)15(20(22)30)19(29)21(9,31)18(28)13(7)17(14)27/h4,7,9,23-24,26-27,29,31H,2-3,5-6H2,1H3,(H2,22,30)/t7-,9+,21+/m1/s1. The third-order valence-corrected chi connectivity index (χ3v) is 6.58. The zero-order valence-corrected chi connectivity index (χ0v) is 16.6. The third-order valence-electron chi connectivity index (χ3n) is 6.58. The number of Topliss-reactive ketones (excluding diaryl/α,β-unsaturated/α-hetero) is 2. The Kier molecular flexibility index (Phi) is 4.60. The Morgan fingerprint density at radius 3 is 2.52 bits per heavy atom. The summed E-state index contributed by atoms with van der Waals surface area (Å²) in [7, 11) is 1.63. The highest BCUT2D eigenvalue weighted by atomic mass is 16.3. The average Bonchev–Trinajstić information content (AvgIpc) is 2.70. The van der Waals surface area contributed by atoms with Crippen molar-refractivity contribution in [3.05, 3.63) is 39.7 Å². The molecule has 1 saturated carbocycles. The van der Waals surface area contributed by atoms with Crippen LogP contribution in [0.5, 0.6) is 5.75 Å². The quantitative estimate of drug-likeness (QED) is 0.255. The van der Waals surface area contributed by atoms with E-state index in [2.05, 4.69) is 5.32 Å². The Morgan fingerprint density at radius 2 is 1.94 bits per heavy atom. The molecule has 0 spiro atoms. The maximum atomic E-state index is 13.4. The van der Waals surface area contributed by atoms with Crippen molar-refractivity contribution in [2.45, 2.75) is 31.5 Å². The molecule has 4 rings (SSSR count). The Balaban J connectivity index is 1.96. The van der Waals surface area contributed by atoms with E-state index >= 15 is 0 Å².